The molecule has 0 rings (SSSR count). The molecule has 0 amide bonds. The van der Waals surface area contributed by atoms with Crippen LogP contribution in [0.3, 0.4) is 0 Å². The molecular weight excluding hydrogens is 476 g/mol. The molecule has 13 heavy (non-hydrogen) atoms. The molecule has 0 N–H and O–H groups in total. The summed E-state index contributed by atoms with van der Waals surface area (Å²) in [6, 6.07) is 0. The van der Waals surface area contributed by atoms with Gasteiger partial charge in [0.05, 0.1) is 0 Å². The fraction of sp³-hybridized carbons (Fsp3) is 0. The first-order valence-electron chi connectivity index (χ1n) is 0. The van der Waals surface area contributed by atoms with E-state index in [-0.39, 0.29) is 226 Å². The van der Waals surface area contributed by atoms with Gasteiger partial charge < -0.3 is 0 Å². The molecule has 0 bridgehead atoms. The third kappa shape index (κ3) is 113. The van der Waals surface area contributed by atoms with Gasteiger partial charge in [0, 0.05) is 226 Å². The monoisotopic (exact) mass is 476 g/mol. The van der Waals surface area contributed by atoms with E-state index in [9.17, 15) is 0 Å². The van der Waals surface area contributed by atoms with Gasteiger partial charge in [0.15, 0.2) is 0 Å². The maximum Gasteiger partial charge on any atom is 0 e. The van der Waals surface area contributed by atoms with Crippen molar-refractivity contribution in [2.45, 2.75) is 0 Å². The van der Waals surface area contributed by atoms with Crippen LogP contribution in [0.25, 0.3) is 0 Å². The number of hydrogen-bond donors (Lipinski definition) is 0. The molecule has 0 saturated carbocycles. The smallest absolute Gasteiger partial charge is 0 e. The van der Waals surface area contributed by atoms with Crippen molar-refractivity contribution in [3.63, 3.8) is 0 Å². The van der Waals surface area contributed by atoms with Crippen LogP contribution in [0.5, 0.6) is 0 Å². The fourth-order valence-corrected chi connectivity index (χ4v) is 0. The standard InChI is InChI=1S/8Al.5Cr. The van der Waals surface area contributed by atoms with Gasteiger partial charge in [0.2, 0.25) is 0 Å². The molecule has 0 aromatic heterocycles. The Bertz CT molecular complexity index is 12.5. The molecule has 13 heteroatoms. The molecule has 0 aliphatic carbocycles. The predicted octanol–water partition coefficient (Wildman–Crippen LogP) is -3.06. The summed E-state index contributed by atoms with van der Waals surface area (Å²) in [4.78, 5) is 0. The van der Waals surface area contributed by atoms with Crippen LogP contribution in [-0.2, 0) is 86.8 Å². The Morgan fingerprint density at radius 3 is 0.154 bits per heavy atom. The molecular formula is Al8Cr5. The number of rotatable bonds is 0. The van der Waals surface area contributed by atoms with Crippen LogP contribution in [-0.4, -0.2) is 139 Å². The van der Waals surface area contributed by atoms with Crippen LogP contribution >= 0.6 is 0 Å². The molecule has 0 heterocycles. The molecule has 0 saturated heterocycles. The van der Waals surface area contributed by atoms with Crippen LogP contribution in [0.1, 0.15) is 0 Å². The van der Waals surface area contributed by atoms with Gasteiger partial charge in [-0.25, -0.2) is 0 Å². The fourth-order valence-electron chi connectivity index (χ4n) is 0. The average molecular weight is 476 g/mol. The van der Waals surface area contributed by atoms with E-state index in [4.69, 9.17) is 0 Å². The Kier molecular flexibility index (Phi) is 1450. The van der Waals surface area contributed by atoms with Crippen molar-refractivity contribution in [3.05, 3.63) is 0 Å². The van der Waals surface area contributed by atoms with Crippen LogP contribution in [0.15, 0.2) is 0 Å². The van der Waals surface area contributed by atoms with E-state index in [1.54, 1.807) is 0 Å². The minimum atomic E-state index is 0. The van der Waals surface area contributed by atoms with Gasteiger partial charge in [0.1, 0.15) is 0 Å². The molecule has 0 fully saturated rings. The van der Waals surface area contributed by atoms with Crippen molar-refractivity contribution in [2.75, 3.05) is 0 Å². The normalized spacial score (nSPS) is 0. The van der Waals surface area contributed by atoms with Crippen LogP contribution < -0.4 is 0 Å². The van der Waals surface area contributed by atoms with Gasteiger partial charge >= 0.3 is 0 Å². The topological polar surface area (TPSA) is 0 Å². The summed E-state index contributed by atoms with van der Waals surface area (Å²) in [5.41, 5.74) is 0. The zero-order valence-corrected chi connectivity index (χ0v) is 22.3. The predicted molar refractivity (Wildman–Crippen MR) is 46.0 cm³/mol. The van der Waals surface area contributed by atoms with Crippen LogP contribution in [0, 0.1) is 0 Å². The molecule has 0 atom stereocenters. The van der Waals surface area contributed by atoms with Gasteiger partial charge in [-0.1, -0.05) is 0 Å². The second-order valence-corrected chi connectivity index (χ2v) is 0. The van der Waals surface area contributed by atoms with E-state index in [1.165, 1.54) is 0 Å². The van der Waals surface area contributed by atoms with Crippen molar-refractivity contribution >= 4 is 139 Å². The van der Waals surface area contributed by atoms with Gasteiger partial charge in [0.25, 0.3) is 0 Å². The summed E-state index contributed by atoms with van der Waals surface area (Å²) in [5, 5.41) is 0. The summed E-state index contributed by atoms with van der Waals surface area (Å²) in [5.74, 6) is 0. The first kappa shape index (κ1) is 149. The summed E-state index contributed by atoms with van der Waals surface area (Å²) in [6.07, 6.45) is 0. The average Bonchev–Trinajstić information content (AvgIpc) is 0. The summed E-state index contributed by atoms with van der Waals surface area (Å²) in [7, 11) is 0. The zero-order valence-electron chi connectivity index (χ0n) is 6.66. The molecule has 54 valence electrons. The maximum atomic E-state index is 0. The van der Waals surface area contributed by atoms with E-state index in [0.29, 0.717) is 0 Å². The Morgan fingerprint density at radius 2 is 0.154 bits per heavy atom. The molecule has 0 nitrogen and oxygen atoms in total. The third-order valence-electron chi connectivity index (χ3n) is 0. The molecule has 0 unspecified atom stereocenters. The van der Waals surface area contributed by atoms with Crippen molar-refractivity contribution in [2.24, 2.45) is 0 Å². The van der Waals surface area contributed by atoms with Gasteiger partial charge in [-0.05, 0) is 0 Å². The van der Waals surface area contributed by atoms with Gasteiger partial charge in [-0.15, -0.1) is 0 Å². The second kappa shape index (κ2) is 127. The largest absolute Gasteiger partial charge is 0 e. The zero-order chi connectivity index (χ0) is 0. The molecule has 0 aliphatic heterocycles. The Balaban J connectivity index is 0. The van der Waals surface area contributed by atoms with E-state index in [2.05, 4.69) is 0 Å². The summed E-state index contributed by atoms with van der Waals surface area (Å²) < 4.78 is 0. The molecule has 0 aromatic rings. The van der Waals surface area contributed by atoms with E-state index in [1.807, 2.05) is 0 Å². The Morgan fingerprint density at radius 1 is 0.154 bits per heavy atom. The quantitative estimate of drug-likeness (QED) is 0.327. The number of hydrogen-bond acceptors (Lipinski definition) is 0. The SMILES string of the molecule is [Al].[Al].[Al].[Al].[Al].[Al].[Al].[Al].[Cr].[Cr].[Cr].[Cr].[Cr]. The van der Waals surface area contributed by atoms with E-state index < -0.39 is 0 Å². The van der Waals surface area contributed by atoms with E-state index >= 15 is 0 Å². The van der Waals surface area contributed by atoms with Crippen LogP contribution in [0.2, 0.25) is 0 Å². The first-order chi connectivity index (χ1) is 0. The summed E-state index contributed by atoms with van der Waals surface area (Å²) >= 11 is 0. The second-order valence-electron chi connectivity index (χ2n) is 0. The molecule has 0 aromatic carbocycles. The van der Waals surface area contributed by atoms with Crippen LogP contribution in [0.4, 0.5) is 0 Å². The van der Waals surface area contributed by atoms with E-state index in [0.717, 1.165) is 0 Å². The molecule has 24 radical (unpaired) electrons. The molecule has 0 aliphatic rings. The van der Waals surface area contributed by atoms with Crippen molar-refractivity contribution in [3.8, 4) is 0 Å². The summed E-state index contributed by atoms with van der Waals surface area (Å²) in [6.45, 7) is 0. The van der Waals surface area contributed by atoms with Crippen molar-refractivity contribution in [1.82, 2.24) is 0 Å². The van der Waals surface area contributed by atoms with Gasteiger partial charge in [-0.2, -0.15) is 0 Å². The minimum absolute atomic E-state index is 0. The maximum absolute atomic E-state index is 0. The minimum Gasteiger partial charge on any atom is 0 e. The van der Waals surface area contributed by atoms with Crippen molar-refractivity contribution in [1.29, 1.82) is 0 Å². The first-order valence-corrected chi connectivity index (χ1v) is 0. The van der Waals surface area contributed by atoms with Gasteiger partial charge in [-0.3, -0.25) is 0 Å². The Labute approximate surface area is 221 Å². The third-order valence-corrected chi connectivity index (χ3v) is 0. The molecule has 0 spiro atoms. The Hall–Kier alpha value is 6.92. The van der Waals surface area contributed by atoms with Crippen molar-refractivity contribution < 1.29 is 86.8 Å².